The number of nitrogens with one attached hydrogen (secondary N) is 2. The van der Waals surface area contributed by atoms with Crippen molar-refractivity contribution in [3.05, 3.63) is 89.6 Å². The van der Waals surface area contributed by atoms with Crippen molar-refractivity contribution in [1.82, 2.24) is 10.3 Å². The minimum atomic E-state index is -0.221. The number of carbonyl (C=O) groups is 2. The Morgan fingerprint density at radius 1 is 0.889 bits per heavy atom. The molecule has 2 N–H and O–H groups in total. The van der Waals surface area contributed by atoms with E-state index in [1.54, 1.807) is 60.8 Å². The minimum absolute atomic E-state index is 0.198. The Balaban J connectivity index is 1.59. The molecule has 0 bridgehead atoms. The van der Waals surface area contributed by atoms with Gasteiger partial charge in [0.2, 0.25) is 5.88 Å². The van der Waals surface area contributed by atoms with Crippen LogP contribution in [0.15, 0.2) is 72.9 Å². The predicted molar refractivity (Wildman–Crippen MR) is 103 cm³/mol. The van der Waals surface area contributed by atoms with Crippen LogP contribution >= 0.6 is 0 Å². The third-order valence-corrected chi connectivity index (χ3v) is 3.92. The van der Waals surface area contributed by atoms with Crippen molar-refractivity contribution < 1.29 is 14.3 Å². The highest BCUT2D eigenvalue weighted by atomic mass is 16.5. The normalized spacial score (nSPS) is 10.1. The van der Waals surface area contributed by atoms with Crippen LogP contribution < -0.4 is 15.4 Å². The lowest BCUT2D eigenvalue weighted by Gasteiger charge is -2.09. The molecule has 6 heteroatoms. The molecule has 0 unspecified atom stereocenters. The number of nitrogens with zero attached hydrogens (tertiary/aromatic N) is 1. The van der Waals surface area contributed by atoms with E-state index < -0.39 is 0 Å². The second-order valence-electron chi connectivity index (χ2n) is 5.75. The van der Waals surface area contributed by atoms with Gasteiger partial charge in [-0.1, -0.05) is 24.3 Å². The molecule has 136 valence electrons. The molecule has 0 spiro atoms. The molecule has 0 radical (unpaired) electrons. The molecule has 2 amide bonds. The van der Waals surface area contributed by atoms with Gasteiger partial charge in [0.05, 0.1) is 7.11 Å². The van der Waals surface area contributed by atoms with Crippen molar-refractivity contribution in [3.8, 4) is 5.88 Å². The van der Waals surface area contributed by atoms with Crippen LogP contribution in [0.5, 0.6) is 5.88 Å². The van der Waals surface area contributed by atoms with E-state index in [9.17, 15) is 9.59 Å². The van der Waals surface area contributed by atoms with E-state index in [0.29, 0.717) is 29.2 Å². The maximum atomic E-state index is 12.3. The van der Waals surface area contributed by atoms with E-state index in [4.69, 9.17) is 4.74 Å². The van der Waals surface area contributed by atoms with Crippen LogP contribution in [0.25, 0.3) is 0 Å². The van der Waals surface area contributed by atoms with Crippen LogP contribution in [0.2, 0.25) is 0 Å². The molecular formula is C21H19N3O3. The first kappa shape index (κ1) is 18.1. The number of ether oxygens (including phenoxy) is 1. The van der Waals surface area contributed by atoms with Gasteiger partial charge in [-0.2, -0.15) is 0 Å². The van der Waals surface area contributed by atoms with Crippen molar-refractivity contribution in [1.29, 1.82) is 0 Å². The number of pyridine rings is 1. The van der Waals surface area contributed by atoms with Gasteiger partial charge in [-0.25, -0.2) is 4.98 Å². The highest BCUT2D eigenvalue weighted by molar-refractivity contribution is 6.04. The molecule has 27 heavy (non-hydrogen) atoms. The molecule has 1 aromatic heterocycles. The number of anilines is 1. The number of amides is 2. The molecule has 0 atom stereocenters. The second kappa shape index (κ2) is 8.62. The van der Waals surface area contributed by atoms with Crippen LogP contribution in [0, 0.1) is 0 Å². The molecule has 2 aromatic carbocycles. The number of rotatable bonds is 6. The van der Waals surface area contributed by atoms with Crippen LogP contribution in [0.1, 0.15) is 26.3 Å². The highest BCUT2D eigenvalue weighted by Crippen LogP contribution is 2.14. The molecule has 0 saturated carbocycles. The van der Waals surface area contributed by atoms with Gasteiger partial charge in [0.25, 0.3) is 11.8 Å². The zero-order valence-electron chi connectivity index (χ0n) is 14.8. The summed E-state index contributed by atoms with van der Waals surface area (Å²) >= 11 is 0. The fourth-order valence-electron chi connectivity index (χ4n) is 2.52. The topological polar surface area (TPSA) is 80.3 Å². The number of benzene rings is 2. The van der Waals surface area contributed by atoms with Gasteiger partial charge in [0.1, 0.15) is 0 Å². The summed E-state index contributed by atoms with van der Waals surface area (Å²) < 4.78 is 5.17. The molecule has 0 saturated heterocycles. The molecule has 1 heterocycles. The third-order valence-electron chi connectivity index (χ3n) is 3.92. The summed E-state index contributed by atoms with van der Waals surface area (Å²) in [6.45, 7) is 0.308. The van der Waals surface area contributed by atoms with Crippen molar-refractivity contribution in [2.75, 3.05) is 12.4 Å². The van der Waals surface area contributed by atoms with Gasteiger partial charge in [-0.3, -0.25) is 9.59 Å². The van der Waals surface area contributed by atoms with E-state index in [1.165, 1.54) is 7.11 Å². The van der Waals surface area contributed by atoms with Crippen molar-refractivity contribution in [2.24, 2.45) is 0 Å². The molecule has 6 nitrogen and oxygen atoms in total. The van der Waals surface area contributed by atoms with E-state index in [-0.39, 0.29) is 11.8 Å². The number of methoxy groups -OCH3 is 1. The zero-order chi connectivity index (χ0) is 19.1. The summed E-state index contributed by atoms with van der Waals surface area (Å²) in [5.74, 6) is 0.0649. The van der Waals surface area contributed by atoms with E-state index in [0.717, 1.165) is 5.56 Å². The Morgan fingerprint density at radius 3 is 2.30 bits per heavy atom. The number of aromatic nitrogens is 1. The second-order valence-corrected chi connectivity index (χ2v) is 5.75. The molecule has 0 aliphatic rings. The summed E-state index contributed by atoms with van der Waals surface area (Å²) in [5.41, 5.74) is 2.48. The van der Waals surface area contributed by atoms with Crippen LogP contribution in [-0.4, -0.2) is 23.9 Å². The SMILES string of the molecule is COc1ncccc1CNC(=O)c1ccc(NC(=O)c2ccccc2)cc1. The van der Waals surface area contributed by atoms with Crippen molar-refractivity contribution in [2.45, 2.75) is 6.54 Å². The van der Waals surface area contributed by atoms with E-state index >= 15 is 0 Å². The average Bonchev–Trinajstić information content (AvgIpc) is 2.73. The van der Waals surface area contributed by atoms with Gasteiger partial charge < -0.3 is 15.4 Å². The quantitative estimate of drug-likeness (QED) is 0.706. The minimum Gasteiger partial charge on any atom is -0.481 e. The maximum Gasteiger partial charge on any atom is 0.255 e. The van der Waals surface area contributed by atoms with Crippen molar-refractivity contribution in [3.63, 3.8) is 0 Å². The molecule has 3 aromatic rings. The summed E-state index contributed by atoms with van der Waals surface area (Å²) in [7, 11) is 1.54. The summed E-state index contributed by atoms with van der Waals surface area (Å²) in [6.07, 6.45) is 1.63. The Morgan fingerprint density at radius 2 is 1.59 bits per heavy atom. The van der Waals surface area contributed by atoms with Gasteiger partial charge in [-0.05, 0) is 42.5 Å². The van der Waals surface area contributed by atoms with Gasteiger partial charge >= 0.3 is 0 Å². The zero-order valence-corrected chi connectivity index (χ0v) is 14.8. The van der Waals surface area contributed by atoms with Crippen LogP contribution in [0.3, 0.4) is 0 Å². The van der Waals surface area contributed by atoms with Crippen LogP contribution in [0.4, 0.5) is 5.69 Å². The first-order chi connectivity index (χ1) is 13.2. The predicted octanol–water partition coefficient (Wildman–Crippen LogP) is 3.27. The Kier molecular flexibility index (Phi) is 5.79. The lowest BCUT2D eigenvalue weighted by atomic mass is 10.1. The fraction of sp³-hybridized carbons (Fsp3) is 0.0952. The Hall–Kier alpha value is -3.67. The van der Waals surface area contributed by atoms with E-state index in [1.807, 2.05) is 12.1 Å². The van der Waals surface area contributed by atoms with Gasteiger partial charge in [0.15, 0.2) is 0 Å². The van der Waals surface area contributed by atoms with Crippen molar-refractivity contribution >= 4 is 17.5 Å². The fourth-order valence-corrected chi connectivity index (χ4v) is 2.52. The summed E-state index contributed by atoms with van der Waals surface area (Å²) in [5, 5.41) is 5.63. The molecular weight excluding hydrogens is 342 g/mol. The lowest BCUT2D eigenvalue weighted by Crippen LogP contribution is -2.23. The lowest BCUT2D eigenvalue weighted by molar-refractivity contribution is 0.0950. The maximum absolute atomic E-state index is 12.3. The average molecular weight is 361 g/mol. The first-order valence-electron chi connectivity index (χ1n) is 8.40. The monoisotopic (exact) mass is 361 g/mol. The van der Waals surface area contributed by atoms with Gasteiger partial charge in [0, 0.05) is 35.1 Å². The Labute approximate surface area is 157 Å². The van der Waals surface area contributed by atoms with Crippen LogP contribution in [-0.2, 0) is 6.54 Å². The molecule has 3 rings (SSSR count). The molecule has 0 aliphatic carbocycles. The smallest absolute Gasteiger partial charge is 0.255 e. The first-order valence-corrected chi connectivity index (χ1v) is 8.40. The van der Waals surface area contributed by atoms with E-state index in [2.05, 4.69) is 15.6 Å². The number of carbonyl (C=O) groups excluding carboxylic acids is 2. The standard InChI is InChI=1S/C21H19N3O3/c1-27-21-17(8-5-13-22-21)14-23-19(25)16-9-11-18(12-10-16)24-20(26)15-6-3-2-4-7-15/h2-13H,14H2,1H3,(H,23,25)(H,24,26). The Bertz CT molecular complexity index is 925. The van der Waals surface area contributed by atoms with Gasteiger partial charge in [-0.15, -0.1) is 0 Å². The highest BCUT2D eigenvalue weighted by Gasteiger charge is 2.09. The number of hydrogen-bond donors (Lipinski definition) is 2. The summed E-state index contributed by atoms with van der Waals surface area (Å²) in [4.78, 5) is 28.6. The summed E-state index contributed by atoms with van der Waals surface area (Å²) in [6, 6.07) is 19.3. The third kappa shape index (κ3) is 4.70. The molecule has 0 fully saturated rings. The number of hydrogen-bond acceptors (Lipinski definition) is 4. The molecule has 0 aliphatic heterocycles. The largest absolute Gasteiger partial charge is 0.481 e.